The van der Waals surface area contributed by atoms with Gasteiger partial charge in [0.15, 0.2) is 0 Å². The maximum atomic E-state index is 2.45. The van der Waals surface area contributed by atoms with Gasteiger partial charge >= 0.3 is 0 Å². The van der Waals surface area contributed by atoms with E-state index in [9.17, 15) is 0 Å². The van der Waals surface area contributed by atoms with Gasteiger partial charge in [-0.2, -0.15) is 0 Å². The third-order valence-corrected chi connectivity index (χ3v) is 10.1. The van der Waals surface area contributed by atoms with E-state index in [4.69, 9.17) is 0 Å². The zero-order valence-corrected chi connectivity index (χ0v) is 27.6. The molecule has 0 N–H and O–H groups in total. The van der Waals surface area contributed by atoms with Crippen molar-refractivity contribution in [1.29, 1.82) is 0 Å². The highest BCUT2D eigenvalue weighted by molar-refractivity contribution is 6.19. The van der Waals surface area contributed by atoms with E-state index in [-0.39, 0.29) is 5.41 Å². The fourth-order valence-corrected chi connectivity index (χ4v) is 7.87. The molecule has 9 rings (SSSR count). The topological polar surface area (TPSA) is 0 Å². The molecule has 0 radical (unpaired) electrons. The molecule has 0 saturated carbocycles. The van der Waals surface area contributed by atoms with Crippen LogP contribution in [0.3, 0.4) is 0 Å². The van der Waals surface area contributed by atoms with Crippen LogP contribution in [-0.4, -0.2) is 0 Å². The molecule has 0 unspecified atom stereocenters. The molecule has 0 bridgehead atoms. The fraction of sp³-hybridized carbons (Fsp3) is 0.0833. The van der Waals surface area contributed by atoms with Crippen LogP contribution in [-0.2, 0) is 5.41 Å². The van der Waals surface area contributed by atoms with Crippen molar-refractivity contribution in [3.63, 3.8) is 0 Å². The molecule has 9 aromatic rings. The zero-order valence-electron chi connectivity index (χ0n) is 27.6. The highest BCUT2D eigenvalue weighted by Gasteiger charge is 2.24. The molecule has 0 aromatic heterocycles. The standard InChI is InChI=1S/C48H36/c1-48(2,3)47-44-17-9-8-16-42(44)46(41-18-10-14-32-12-6-7-15-40(32)41)43-26-25-39(30-45(43)47)38-24-23-36-28-35(21-22-37(36)29-38)34-20-19-31-11-4-5-13-33(31)27-34/h4-30H,1-3H3. The molecular weight excluding hydrogens is 577 g/mol. The van der Waals surface area contributed by atoms with Gasteiger partial charge in [-0.25, -0.2) is 0 Å². The molecule has 9 aromatic carbocycles. The summed E-state index contributed by atoms with van der Waals surface area (Å²) in [7, 11) is 0. The third-order valence-electron chi connectivity index (χ3n) is 10.1. The summed E-state index contributed by atoms with van der Waals surface area (Å²) in [6, 6.07) is 60.7. The summed E-state index contributed by atoms with van der Waals surface area (Å²) in [5, 5.41) is 12.9. The summed E-state index contributed by atoms with van der Waals surface area (Å²) in [5.41, 5.74) is 8.94. The monoisotopic (exact) mass is 612 g/mol. The Balaban J connectivity index is 1.23. The zero-order chi connectivity index (χ0) is 32.4. The molecule has 0 fully saturated rings. The molecule has 0 aliphatic carbocycles. The first-order valence-corrected chi connectivity index (χ1v) is 16.9. The number of benzene rings is 9. The van der Waals surface area contributed by atoms with Gasteiger partial charge in [0.1, 0.15) is 0 Å². The largest absolute Gasteiger partial charge is 0.0616 e. The molecule has 0 heteroatoms. The van der Waals surface area contributed by atoms with E-state index in [0.29, 0.717) is 0 Å². The van der Waals surface area contributed by atoms with Crippen molar-refractivity contribution in [2.24, 2.45) is 0 Å². The first kappa shape index (κ1) is 28.5. The fourth-order valence-electron chi connectivity index (χ4n) is 7.87. The smallest absolute Gasteiger partial charge is 0.00204 e. The summed E-state index contributed by atoms with van der Waals surface area (Å²) < 4.78 is 0. The van der Waals surface area contributed by atoms with Crippen LogP contribution in [0.5, 0.6) is 0 Å². The lowest BCUT2D eigenvalue weighted by atomic mass is 9.77. The summed E-state index contributed by atoms with van der Waals surface area (Å²) >= 11 is 0. The minimum absolute atomic E-state index is 0.0453. The Hall–Kier alpha value is -5.72. The Morgan fingerprint density at radius 1 is 0.312 bits per heavy atom. The van der Waals surface area contributed by atoms with Crippen LogP contribution < -0.4 is 0 Å². The quantitative estimate of drug-likeness (QED) is 0.174. The first-order chi connectivity index (χ1) is 23.4. The molecule has 0 amide bonds. The average Bonchev–Trinajstić information content (AvgIpc) is 3.12. The van der Waals surface area contributed by atoms with E-state index in [2.05, 4.69) is 185 Å². The van der Waals surface area contributed by atoms with Crippen molar-refractivity contribution in [2.45, 2.75) is 26.2 Å². The van der Waals surface area contributed by atoms with Gasteiger partial charge in [-0.05, 0) is 122 Å². The van der Waals surface area contributed by atoms with Crippen LogP contribution in [0.4, 0.5) is 0 Å². The van der Waals surface area contributed by atoms with Crippen molar-refractivity contribution >= 4 is 53.9 Å². The second-order valence-electron chi connectivity index (χ2n) is 14.2. The minimum Gasteiger partial charge on any atom is -0.0616 e. The van der Waals surface area contributed by atoms with Crippen molar-refractivity contribution in [3.05, 3.63) is 169 Å². The lowest BCUT2D eigenvalue weighted by molar-refractivity contribution is 0.601. The molecule has 0 heterocycles. The second-order valence-corrected chi connectivity index (χ2v) is 14.2. The maximum Gasteiger partial charge on any atom is -0.00204 e. The van der Waals surface area contributed by atoms with E-state index < -0.39 is 0 Å². The number of hydrogen-bond donors (Lipinski definition) is 0. The van der Waals surface area contributed by atoms with Gasteiger partial charge in [0, 0.05) is 0 Å². The lowest BCUT2D eigenvalue weighted by Gasteiger charge is -2.27. The Bertz CT molecular complexity index is 2700. The maximum absolute atomic E-state index is 2.45. The SMILES string of the molecule is CC(C)(C)c1c2ccccc2c(-c2cccc3ccccc23)c2ccc(-c3ccc4cc(-c5ccc6ccccc6c5)ccc4c3)cc12. The normalized spacial score (nSPS) is 12.1. The highest BCUT2D eigenvalue weighted by atomic mass is 14.3. The molecule has 0 saturated heterocycles. The molecular formula is C48H36. The van der Waals surface area contributed by atoms with Gasteiger partial charge in [-0.3, -0.25) is 0 Å². The Labute approximate surface area is 281 Å². The van der Waals surface area contributed by atoms with Gasteiger partial charge in [-0.15, -0.1) is 0 Å². The van der Waals surface area contributed by atoms with Gasteiger partial charge in [0.05, 0.1) is 0 Å². The molecule has 48 heavy (non-hydrogen) atoms. The molecule has 0 atom stereocenters. The Morgan fingerprint density at radius 2 is 0.771 bits per heavy atom. The van der Waals surface area contributed by atoms with E-state index in [1.54, 1.807) is 0 Å². The second kappa shape index (κ2) is 10.9. The number of fused-ring (bicyclic) bond motifs is 5. The van der Waals surface area contributed by atoms with Gasteiger partial charge < -0.3 is 0 Å². The van der Waals surface area contributed by atoms with Gasteiger partial charge in [-0.1, -0.05) is 160 Å². The Kier molecular flexibility index (Phi) is 6.49. The number of hydrogen-bond acceptors (Lipinski definition) is 0. The van der Waals surface area contributed by atoms with Crippen molar-refractivity contribution < 1.29 is 0 Å². The van der Waals surface area contributed by atoms with Crippen LogP contribution in [0.1, 0.15) is 26.3 Å². The Morgan fingerprint density at radius 3 is 1.44 bits per heavy atom. The molecule has 0 aliphatic rings. The predicted octanol–water partition coefficient (Wildman–Crippen LogP) is 13.8. The summed E-state index contributed by atoms with van der Waals surface area (Å²) in [6.45, 7) is 7.05. The van der Waals surface area contributed by atoms with Crippen molar-refractivity contribution in [3.8, 4) is 33.4 Å². The lowest BCUT2D eigenvalue weighted by Crippen LogP contribution is -2.13. The van der Waals surface area contributed by atoms with Crippen LogP contribution in [0, 0.1) is 0 Å². The van der Waals surface area contributed by atoms with Crippen LogP contribution in [0.25, 0.3) is 87.2 Å². The molecule has 0 nitrogen and oxygen atoms in total. The van der Waals surface area contributed by atoms with Crippen molar-refractivity contribution in [2.75, 3.05) is 0 Å². The van der Waals surface area contributed by atoms with Gasteiger partial charge in [0.25, 0.3) is 0 Å². The van der Waals surface area contributed by atoms with Crippen LogP contribution in [0.15, 0.2) is 164 Å². The van der Waals surface area contributed by atoms with E-state index in [1.165, 1.54) is 92.8 Å². The molecule has 228 valence electrons. The molecule has 0 spiro atoms. The van der Waals surface area contributed by atoms with E-state index >= 15 is 0 Å². The van der Waals surface area contributed by atoms with E-state index in [1.807, 2.05) is 0 Å². The van der Waals surface area contributed by atoms with Gasteiger partial charge in [0.2, 0.25) is 0 Å². The highest BCUT2D eigenvalue weighted by Crippen LogP contribution is 2.46. The third kappa shape index (κ3) is 4.68. The minimum atomic E-state index is -0.0453. The van der Waals surface area contributed by atoms with Crippen molar-refractivity contribution in [1.82, 2.24) is 0 Å². The number of rotatable bonds is 3. The first-order valence-electron chi connectivity index (χ1n) is 16.9. The summed E-state index contributed by atoms with van der Waals surface area (Å²) in [5.74, 6) is 0. The summed E-state index contributed by atoms with van der Waals surface area (Å²) in [6.07, 6.45) is 0. The van der Waals surface area contributed by atoms with Crippen LogP contribution >= 0.6 is 0 Å². The van der Waals surface area contributed by atoms with Crippen LogP contribution in [0.2, 0.25) is 0 Å². The summed E-state index contributed by atoms with van der Waals surface area (Å²) in [4.78, 5) is 0. The predicted molar refractivity (Wildman–Crippen MR) is 209 cm³/mol. The van der Waals surface area contributed by atoms with E-state index in [0.717, 1.165) is 0 Å². The molecule has 0 aliphatic heterocycles. The average molecular weight is 613 g/mol.